The molecule has 0 unspecified atom stereocenters. The Morgan fingerprint density at radius 1 is 1.05 bits per heavy atom. The average Bonchev–Trinajstić information content (AvgIpc) is 3.11. The van der Waals surface area contributed by atoms with Gasteiger partial charge in [0.2, 0.25) is 10.0 Å². The van der Waals surface area contributed by atoms with Crippen LogP contribution < -0.4 is 10.0 Å². The summed E-state index contributed by atoms with van der Waals surface area (Å²) in [5.41, 5.74) is 0.891. The molecule has 3 rings (SSSR count). The van der Waals surface area contributed by atoms with Crippen LogP contribution in [-0.2, 0) is 10.0 Å². The number of hydrogen-bond donors (Lipinski definition) is 3. The quantitative estimate of drug-likeness (QED) is 0.754. The number of nitrogens with one attached hydrogen (secondary N) is 2. The number of rotatable bonds is 5. The largest absolute Gasteiger partial charge is 0.393 e. The predicted octanol–water partition coefficient (Wildman–Crippen LogP) is 1.06. The molecule has 1 aromatic rings. The molecular formula is C13H18N2O3S. The lowest BCUT2D eigenvalue weighted by atomic mass is 9.89. The van der Waals surface area contributed by atoms with Crippen LogP contribution in [-0.4, -0.2) is 31.7 Å². The van der Waals surface area contributed by atoms with Crippen LogP contribution in [0.25, 0.3) is 0 Å². The fourth-order valence-corrected chi connectivity index (χ4v) is 3.47. The first-order chi connectivity index (χ1) is 9.03. The minimum atomic E-state index is -3.36. The zero-order valence-electron chi connectivity index (χ0n) is 10.5. The van der Waals surface area contributed by atoms with Crippen LogP contribution in [0, 0.1) is 0 Å². The second-order valence-electron chi connectivity index (χ2n) is 5.39. The van der Waals surface area contributed by atoms with Crippen molar-refractivity contribution in [3.63, 3.8) is 0 Å². The van der Waals surface area contributed by atoms with E-state index in [1.165, 1.54) is 0 Å². The lowest BCUT2D eigenvalue weighted by molar-refractivity contribution is 0.0836. The van der Waals surface area contributed by atoms with Gasteiger partial charge >= 0.3 is 0 Å². The molecule has 0 bridgehead atoms. The second-order valence-corrected chi connectivity index (χ2v) is 7.10. The van der Waals surface area contributed by atoms with Gasteiger partial charge in [0.15, 0.2) is 0 Å². The van der Waals surface area contributed by atoms with Crippen LogP contribution in [0.2, 0.25) is 0 Å². The Morgan fingerprint density at radius 3 is 2.21 bits per heavy atom. The molecule has 104 valence electrons. The van der Waals surface area contributed by atoms with Crippen molar-refractivity contribution in [2.75, 3.05) is 5.32 Å². The summed E-state index contributed by atoms with van der Waals surface area (Å²) in [5, 5.41) is 12.5. The van der Waals surface area contributed by atoms with E-state index in [0.29, 0.717) is 10.9 Å². The number of benzene rings is 1. The molecule has 0 aliphatic heterocycles. The van der Waals surface area contributed by atoms with Gasteiger partial charge in [-0.15, -0.1) is 0 Å². The van der Waals surface area contributed by atoms with Crippen molar-refractivity contribution in [3.05, 3.63) is 24.3 Å². The number of aliphatic hydroxyl groups is 1. The summed E-state index contributed by atoms with van der Waals surface area (Å²) in [6.07, 6.45) is 3.18. The third kappa shape index (κ3) is 3.08. The van der Waals surface area contributed by atoms with Gasteiger partial charge in [-0.1, -0.05) is 0 Å². The standard InChI is InChI=1S/C13H18N2O3S/c16-12-7-11(8-12)14-9-3-5-13(6-4-9)19(17,18)15-10-1-2-10/h3-6,10-12,14-16H,1-2,7-8H2. The average molecular weight is 282 g/mol. The van der Waals surface area contributed by atoms with E-state index in [2.05, 4.69) is 10.0 Å². The first-order valence-corrected chi connectivity index (χ1v) is 8.08. The molecule has 0 amide bonds. The van der Waals surface area contributed by atoms with Gasteiger partial charge < -0.3 is 10.4 Å². The molecule has 3 N–H and O–H groups in total. The van der Waals surface area contributed by atoms with E-state index in [-0.39, 0.29) is 12.1 Å². The maximum Gasteiger partial charge on any atom is 0.240 e. The highest BCUT2D eigenvalue weighted by Crippen LogP contribution is 2.25. The van der Waals surface area contributed by atoms with E-state index in [1.807, 2.05) is 0 Å². The molecule has 2 aliphatic rings. The van der Waals surface area contributed by atoms with Crippen molar-refractivity contribution < 1.29 is 13.5 Å². The monoisotopic (exact) mass is 282 g/mol. The Morgan fingerprint density at radius 2 is 1.68 bits per heavy atom. The highest BCUT2D eigenvalue weighted by atomic mass is 32.2. The van der Waals surface area contributed by atoms with Crippen LogP contribution in [0.5, 0.6) is 0 Å². The highest BCUT2D eigenvalue weighted by Gasteiger charge is 2.28. The van der Waals surface area contributed by atoms with Crippen molar-refractivity contribution in [2.24, 2.45) is 0 Å². The number of anilines is 1. The zero-order chi connectivity index (χ0) is 13.5. The first-order valence-electron chi connectivity index (χ1n) is 6.60. The molecule has 0 radical (unpaired) electrons. The van der Waals surface area contributed by atoms with E-state index in [0.717, 1.165) is 31.4 Å². The van der Waals surface area contributed by atoms with Gasteiger partial charge in [-0.3, -0.25) is 0 Å². The normalized spacial score (nSPS) is 26.8. The summed E-state index contributed by atoms with van der Waals surface area (Å²) in [6, 6.07) is 7.18. The summed E-state index contributed by atoms with van der Waals surface area (Å²) in [6.45, 7) is 0. The van der Waals surface area contributed by atoms with Gasteiger partial charge in [-0.05, 0) is 49.9 Å². The molecule has 0 spiro atoms. The smallest absolute Gasteiger partial charge is 0.240 e. The van der Waals surface area contributed by atoms with Gasteiger partial charge in [-0.2, -0.15) is 0 Å². The third-order valence-electron chi connectivity index (χ3n) is 3.55. The van der Waals surface area contributed by atoms with Crippen molar-refractivity contribution in [1.29, 1.82) is 0 Å². The summed E-state index contributed by atoms with van der Waals surface area (Å²) >= 11 is 0. The molecule has 0 atom stereocenters. The fraction of sp³-hybridized carbons (Fsp3) is 0.538. The molecule has 2 fully saturated rings. The lowest BCUT2D eigenvalue weighted by Crippen LogP contribution is -2.38. The topological polar surface area (TPSA) is 78.4 Å². The molecule has 1 aromatic carbocycles. The van der Waals surface area contributed by atoms with Crippen LogP contribution in [0.3, 0.4) is 0 Å². The Bertz CT molecular complexity index is 546. The fourth-order valence-electron chi connectivity index (χ4n) is 2.16. The van der Waals surface area contributed by atoms with E-state index in [4.69, 9.17) is 0 Å². The van der Waals surface area contributed by atoms with Crippen LogP contribution in [0.1, 0.15) is 25.7 Å². The Labute approximate surface area is 113 Å². The van der Waals surface area contributed by atoms with Gasteiger partial charge in [0.05, 0.1) is 11.0 Å². The highest BCUT2D eigenvalue weighted by molar-refractivity contribution is 7.89. The minimum Gasteiger partial charge on any atom is -0.393 e. The number of hydrogen-bond acceptors (Lipinski definition) is 4. The minimum absolute atomic E-state index is 0.124. The molecule has 19 heavy (non-hydrogen) atoms. The number of aliphatic hydroxyl groups excluding tert-OH is 1. The van der Waals surface area contributed by atoms with E-state index < -0.39 is 10.0 Å². The van der Waals surface area contributed by atoms with Gasteiger partial charge in [0, 0.05) is 17.8 Å². The van der Waals surface area contributed by atoms with Gasteiger partial charge in [-0.25, -0.2) is 13.1 Å². The van der Waals surface area contributed by atoms with Crippen LogP contribution in [0.15, 0.2) is 29.2 Å². The summed E-state index contributed by atoms with van der Waals surface area (Å²) in [5.74, 6) is 0. The zero-order valence-corrected chi connectivity index (χ0v) is 11.4. The van der Waals surface area contributed by atoms with Crippen molar-refractivity contribution >= 4 is 15.7 Å². The Kier molecular flexibility index (Phi) is 3.24. The Hall–Kier alpha value is -1.11. The second kappa shape index (κ2) is 4.77. The molecule has 0 heterocycles. The van der Waals surface area contributed by atoms with Gasteiger partial charge in [0.25, 0.3) is 0 Å². The lowest BCUT2D eigenvalue weighted by Gasteiger charge is -2.32. The molecule has 2 aliphatic carbocycles. The molecule has 2 saturated carbocycles. The van der Waals surface area contributed by atoms with Crippen LogP contribution >= 0.6 is 0 Å². The molecule has 0 saturated heterocycles. The van der Waals surface area contributed by atoms with Gasteiger partial charge in [0.1, 0.15) is 0 Å². The maximum atomic E-state index is 12.0. The molecular weight excluding hydrogens is 264 g/mol. The van der Waals surface area contributed by atoms with E-state index in [1.54, 1.807) is 24.3 Å². The maximum absolute atomic E-state index is 12.0. The van der Waals surface area contributed by atoms with E-state index in [9.17, 15) is 13.5 Å². The molecule has 5 nitrogen and oxygen atoms in total. The molecule has 6 heteroatoms. The molecule has 0 aromatic heterocycles. The SMILES string of the molecule is O=S(=O)(NC1CC1)c1ccc(NC2CC(O)C2)cc1. The summed E-state index contributed by atoms with van der Waals surface area (Å²) in [4.78, 5) is 0.304. The van der Waals surface area contributed by atoms with Crippen molar-refractivity contribution in [1.82, 2.24) is 4.72 Å². The van der Waals surface area contributed by atoms with Crippen LogP contribution in [0.4, 0.5) is 5.69 Å². The first kappa shape index (κ1) is 12.9. The summed E-state index contributed by atoms with van der Waals surface area (Å²) < 4.78 is 26.6. The van der Waals surface area contributed by atoms with E-state index >= 15 is 0 Å². The predicted molar refractivity (Wildman–Crippen MR) is 72.4 cm³/mol. The Balaban J connectivity index is 1.64. The number of sulfonamides is 1. The summed E-state index contributed by atoms with van der Waals surface area (Å²) in [7, 11) is -3.36. The van der Waals surface area contributed by atoms with Crippen molar-refractivity contribution in [2.45, 2.75) is 48.8 Å². The van der Waals surface area contributed by atoms with Crippen molar-refractivity contribution in [3.8, 4) is 0 Å². The third-order valence-corrected chi connectivity index (χ3v) is 5.08.